The number of halogens is 1. The molecule has 2 rings (SSSR count). The highest BCUT2D eigenvalue weighted by molar-refractivity contribution is 14.0. The first-order valence-electron chi connectivity index (χ1n) is 9.97. The summed E-state index contributed by atoms with van der Waals surface area (Å²) in [4.78, 5) is 9.44. The van der Waals surface area contributed by atoms with Crippen molar-refractivity contribution in [1.82, 2.24) is 15.1 Å². The van der Waals surface area contributed by atoms with Gasteiger partial charge in [0.15, 0.2) is 5.96 Å². The van der Waals surface area contributed by atoms with Crippen LogP contribution < -0.4 is 5.32 Å². The molecule has 2 saturated heterocycles. The molecule has 0 saturated carbocycles. The van der Waals surface area contributed by atoms with Crippen LogP contribution in [0.1, 0.15) is 32.6 Å². The van der Waals surface area contributed by atoms with Crippen molar-refractivity contribution < 1.29 is 9.47 Å². The molecule has 0 aliphatic carbocycles. The number of rotatable bonds is 9. The number of nitrogens with one attached hydrogen (secondary N) is 1. The SMILES string of the molecule is CN=C(NCCCN1CCC(C)CC1)N1CCC(COCCOC)C1.I. The van der Waals surface area contributed by atoms with E-state index >= 15 is 0 Å². The Kier molecular flexibility index (Phi) is 12.8. The van der Waals surface area contributed by atoms with Gasteiger partial charge in [0.2, 0.25) is 0 Å². The van der Waals surface area contributed by atoms with E-state index in [1.165, 1.54) is 45.3 Å². The van der Waals surface area contributed by atoms with E-state index in [0.29, 0.717) is 19.1 Å². The summed E-state index contributed by atoms with van der Waals surface area (Å²) in [5.41, 5.74) is 0. The first-order valence-corrected chi connectivity index (χ1v) is 9.97. The minimum absolute atomic E-state index is 0. The predicted molar refractivity (Wildman–Crippen MR) is 119 cm³/mol. The molecule has 0 aromatic rings. The van der Waals surface area contributed by atoms with Crippen LogP contribution in [0, 0.1) is 11.8 Å². The lowest BCUT2D eigenvalue weighted by atomic mass is 9.99. The Morgan fingerprint density at radius 1 is 1.15 bits per heavy atom. The molecule has 0 amide bonds. The highest BCUT2D eigenvalue weighted by Crippen LogP contribution is 2.17. The fraction of sp³-hybridized carbons (Fsp3) is 0.947. The second-order valence-electron chi connectivity index (χ2n) is 7.52. The van der Waals surface area contributed by atoms with Crippen LogP contribution in [-0.4, -0.2) is 89.0 Å². The van der Waals surface area contributed by atoms with Crippen LogP contribution >= 0.6 is 24.0 Å². The molecule has 1 N–H and O–H groups in total. The van der Waals surface area contributed by atoms with Crippen LogP contribution in [0.25, 0.3) is 0 Å². The Morgan fingerprint density at radius 2 is 1.92 bits per heavy atom. The number of guanidine groups is 1. The number of aliphatic imine (C=N–C) groups is 1. The molecule has 6 nitrogen and oxygen atoms in total. The van der Waals surface area contributed by atoms with E-state index < -0.39 is 0 Å². The van der Waals surface area contributed by atoms with Crippen LogP contribution in [0.15, 0.2) is 4.99 Å². The van der Waals surface area contributed by atoms with Gasteiger partial charge >= 0.3 is 0 Å². The molecule has 0 aromatic heterocycles. The minimum Gasteiger partial charge on any atom is -0.382 e. The molecular weight excluding hydrogens is 443 g/mol. The molecule has 7 heteroatoms. The fourth-order valence-electron chi connectivity index (χ4n) is 3.67. The van der Waals surface area contributed by atoms with Crippen molar-refractivity contribution >= 4 is 29.9 Å². The van der Waals surface area contributed by atoms with Crippen LogP contribution in [-0.2, 0) is 9.47 Å². The average molecular weight is 482 g/mol. The number of piperidine rings is 1. The van der Waals surface area contributed by atoms with Gasteiger partial charge in [-0.05, 0) is 51.2 Å². The summed E-state index contributed by atoms with van der Waals surface area (Å²) in [5, 5.41) is 3.55. The van der Waals surface area contributed by atoms with Crippen LogP contribution in [0.4, 0.5) is 0 Å². The van der Waals surface area contributed by atoms with Crippen LogP contribution in [0.5, 0.6) is 0 Å². The smallest absolute Gasteiger partial charge is 0.193 e. The Labute approximate surface area is 177 Å². The van der Waals surface area contributed by atoms with Gasteiger partial charge in [0.25, 0.3) is 0 Å². The first kappa shape index (κ1) is 23.9. The van der Waals surface area contributed by atoms with Gasteiger partial charge in [-0.25, -0.2) is 0 Å². The highest BCUT2D eigenvalue weighted by atomic mass is 127. The summed E-state index contributed by atoms with van der Waals surface area (Å²) in [7, 11) is 3.60. The number of likely N-dealkylation sites (tertiary alicyclic amines) is 2. The molecule has 2 heterocycles. The topological polar surface area (TPSA) is 49.3 Å². The molecule has 0 aromatic carbocycles. The summed E-state index contributed by atoms with van der Waals surface area (Å²) in [6, 6.07) is 0. The summed E-state index contributed by atoms with van der Waals surface area (Å²) in [6.07, 6.45) is 5.08. The van der Waals surface area contributed by atoms with Gasteiger partial charge < -0.3 is 24.6 Å². The summed E-state index contributed by atoms with van der Waals surface area (Å²) in [6.45, 7) is 11.4. The molecule has 26 heavy (non-hydrogen) atoms. The number of hydrogen-bond acceptors (Lipinski definition) is 4. The zero-order chi connectivity index (χ0) is 17.9. The van der Waals surface area contributed by atoms with E-state index in [1.54, 1.807) is 7.11 Å². The number of methoxy groups -OCH3 is 1. The third-order valence-electron chi connectivity index (χ3n) is 5.39. The van der Waals surface area contributed by atoms with Gasteiger partial charge in [-0.2, -0.15) is 0 Å². The van der Waals surface area contributed by atoms with Crippen LogP contribution in [0.2, 0.25) is 0 Å². The largest absolute Gasteiger partial charge is 0.382 e. The predicted octanol–water partition coefficient (Wildman–Crippen LogP) is 2.29. The van der Waals surface area contributed by atoms with Gasteiger partial charge in [0, 0.05) is 39.7 Å². The summed E-state index contributed by atoms with van der Waals surface area (Å²) >= 11 is 0. The Bertz CT molecular complexity index is 390. The van der Waals surface area contributed by atoms with Crippen molar-refractivity contribution in [3.05, 3.63) is 0 Å². The van der Waals surface area contributed by atoms with Crippen molar-refractivity contribution in [2.75, 3.05) is 73.2 Å². The van der Waals surface area contributed by atoms with Gasteiger partial charge in [0.1, 0.15) is 0 Å². The van der Waals surface area contributed by atoms with Crippen molar-refractivity contribution in [2.45, 2.75) is 32.6 Å². The molecule has 154 valence electrons. The van der Waals surface area contributed by atoms with Crippen LogP contribution in [0.3, 0.4) is 0 Å². The van der Waals surface area contributed by atoms with Crippen molar-refractivity contribution in [2.24, 2.45) is 16.8 Å². The zero-order valence-electron chi connectivity index (χ0n) is 16.9. The van der Waals surface area contributed by atoms with Gasteiger partial charge in [-0.15, -0.1) is 24.0 Å². The molecule has 1 unspecified atom stereocenters. The Morgan fingerprint density at radius 3 is 2.62 bits per heavy atom. The second kappa shape index (κ2) is 14.0. The maximum absolute atomic E-state index is 5.68. The third-order valence-corrected chi connectivity index (χ3v) is 5.39. The van der Waals surface area contributed by atoms with Crippen molar-refractivity contribution in [1.29, 1.82) is 0 Å². The molecule has 0 spiro atoms. The monoisotopic (exact) mass is 482 g/mol. The zero-order valence-corrected chi connectivity index (χ0v) is 19.2. The third kappa shape index (κ3) is 8.71. The minimum atomic E-state index is 0. The lowest BCUT2D eigenvalue weighted by molar-refractivity contribution is 0.0536. The van der Waals surface area contributed by atoms with E-state index in [1.807, 2.05) is 7.05 Å². The van der Waals surface area contributed by atoms with E-state index in [0.717, 1.165) is 38.1 Å². The Balaban J connectivity index is 0.00000338. The quantitative estimate of drug-likeness (QED) is 0.237. The van der Waals surface area contributed by atoms with Crippen molar-refractivity contribution in [3.8, 4) is 0 Å². The van der Waals surface area contributed by atoms with Crippen molar-refractivity contribution in [3.63, 3.8) is 0 Å². The first-order chi connectivity index (χ1) is 12.2. The maximum atomic E-state index is 5.68. The maximum Gasteiger partial charge on any atom is 0.193 e. The molecular formula is C19H39IN4O2. The molecule has 0 radical (unpaired) electrons. The standard InChI is InChI=1S/C19H38N4O2.HI/c1-17-5-10-22(11-6-17)9-4-8-21-19(20-2)23-12-7-18(15-23)16-25-14-13-24-3;/h17-18H,4-16H2,1-3H3,(H,20,21);1H. The molecule has 2 aliphatic heterocycles. The van der Waals surface area contributed by atoms with E-state index in [-0.39, 0.29) is 24.0 Å². The lowest BCUT2D eigenvalue weighted by Gasteiger charge is -2.30. The molecule has 0 bridgehead atoms. The van der Waals surface area contributed by atoms with E-state index in [4.69, 9.17) is 9.47 Å². The number of nitrogens with zero attached hydrogens (tertiary/aromatic N) is 3. The summed E-state index contributed by atoms with van der Waals surface area (Å²) in [5.74, 6) is 2.56. The van der Waals surface area contributed by atoms with E-state index in [2.05, 4.69) is 27.0 Å². The number of ether oxygens (including phenoxy) is 2. The number of hydrogen-bond donors (Lipinski definition) is 1. The fourth-order valence-corrected chi connectivity index (χ4v) is 3.67. The molecule has 1 atom stereocenters. The molecule has 2 aliphatic rings. The average Bonchev–Trinajstić information content (AvgIpc) is 3.09. The molecule has 2 fully saturated rings. The normalized spacial score (nSPS) is 22.5. The lowest BCUT2D eigenvalue weighted by Crippen LogP contribution is -2.41. The van der Waals surface area contributed by atoms with E-state index in [9.17, 15) is 0 Å². The second-order valence-corrected chi connectivity index (χ2v) is 7.52. The van der Waals surface area contributed by atoms with Gasteiger partial charge in [0.05, 0.1) is 19.8 Å². The summed E-state index contributed by atoms with van der Waals surface area (Å²) < 4.78 is 10.7. The highest BCUT2D eigenvalue weighted by Gasteiger charge is 2.24. The van der Waals surface area contributed by atoms with Gasteiger partial charge in [-0.1, -0.05) is 6.92 Å². The Hall–Kier alpha value is -0.120. The van der Waals surface area contributed by atoms with Gasteiger partial charge in [-0.3, -0.25) is 4.99 Å².